The third-order valence-corrected chi connectivity index (χ3v) is 3.53. The Morgan fingerprint density at radius 1 is 1.45 bits per heavy atom. The summed E-state index contributed by atoms with van der Waals surface area (Å²) >= 11 is 0. The van der Waals surface area contributed by atoms with Crippen LogP contribution in [0.4, 0.5) is 10.5 Å². The van der Waals surface area contributed by atoms with Gasteiger partial charge in [-0.25, -0.2) is 9.78 Å². The molecule has 2 N–H and O–H groups in total. The largest absolute Gasteiger partial charge is 0.475 e. The van der Waals surface area contributed by atoms with Crippen molar-refractivity contribution >= 4 is 11.8 Å². The molecule has 22 heavy (non-hydrogen) atoms. The SMILES string of the molecule is Cc1nc(OC[C@H]2CCCN2C(=O)OC(C)(C)C)ccc1N. The highest BCUT2D eigenvalue weighted by atomic mass is 16.6. The first-order valence-corrected chi connectivity index (χ1v) is 7.62. The van der Waals surface area contributed by atoms with Crippen LogP contribution in [0.3, 0.4) is 0 Å². The minimum Gasteiger partial charge on any atom is -0.475 e. The summed E-state index contributed by atoms with van der Waals surface area (Å²) in [4.78, 5) is 18.2. The summed E-state index contributed by atoms with van der Waals surface area (Å²) in [6, 6.07) is 3.54. The van der Waals surface area contributed by atoms with Gasteiger partial charge in [0.25, 0.3) is 0 Å². The highest BCUT2D eigenvalue weighted by molar-refractivity contribution is 5.69. The molecule has 122 valence electrons. The number of likely N-dealkylation sites (tertiary alicyclic amines) is 1. The lowest BCUT2D eigenvalue weighted by molar-refractivity contribution is 0.0185. The van der Waals surface area contributed by atoms with Crippen molar-refractivity contribution in [1.82, 2.24) is 9.88 Å². The predicted octanol–water partition coefficient (Wildman–Crippen LogP) is 2.75. The lowest BCUT2D eigenvalue weighted by Crippen LogP contribution is -2.42. The molecule has 1 aliphatic heterocycles. The number of ether oxygens (including phenoxy) is 2. The Labute approximate surface area is 131 Å². The summed E-state index contributed by atoms with van der Waals surface area (Å²) in [7, 11) is 0. The van der Waals surface area contributed by atoms with E-state index in [1.807, 2.05) is 27.7 Å². The molecule has 1 saturated heterocycles. The molecular formula is C16H25N3O3. The average Bonchev–Trinajstić information content (AvgIpc) is 2.87. The fourth-order valence-corrected chi connectivity index (χ4v) is 2.38. The Balaban J connectivity index is 1.93. The highest BCUT2D eigenvalue weighted by Gasteiger charge is 2.32. The van der Waals surface area contributed by atoms with Gasteiger partial charge in [0.05, 0.1) is 17.4 Å². The molecule has 0 saturated carbocycles. The average molecular weight is 307 g/mol. The molecule has 1 atom stereocenters. The third-order valence-electron chi connectivity index (χ3n) is 3.53. The fraction of sp³-hybridized carbons (Fsp3) is 0.625. The van der Waals surface area contributed by atoms with Gasteiger partial charge >= 0.3 is 6.09 Å². The molecule has 1 aliphatic rings. The van der Waals surface area contributed by atoms with Gasteiger partial charge in [-0.3, -0.25) is 0 Å². The van der Waals surface area contributed by atoms with Crippen LogP contribution >= 0.6 is 0 Å². The number of nitrogen functional groups attached to an aromatic ring is 1. The maximum atomic E-state index is 12.2. The summed E-state index contributed by atoms with van der Waals surface area (Å²) in [5.74, 6) is 0.530. The van der Waals surface area contributed by atoms with Crippen LogP contribution in [-0.2, 0) is 4.74 Å². The van der Waals surface area contributed by atoms with E-state index in [1.54, 1.807) is 17.0 Å². The molecule has 0 spiro atoms. The van der Waals surface area contributed by atoms with Gasteiger partial charge in [-0.05, 0) is 46.6 Å². The monoisotopic (exact) mass is 307 g/mol. The van der Waals surface area contributed by atoms with Gasteiger partial charge in [-0.15, -0.1) is 0 Å². The summed E-state index contributed by atoms with van der Waals surface area (Å²) in [6.45, 7) is 8.56. The van der Waals surface area contributed by atoms with E-state index in [1.165, 1.54) is 0 Å². The van der Waals surface area contributed by atoms with Crippen LogP contribution in [0.2, 0.25) is 0 Å². The zero-order valence-electron chi connectivity index (χ0n) is 13.8. The summed E-state index contributed by atoms with van der Waals surface area (Å²) < 4.78 is 11.2. The van der Waals surface area contributed by atoms with Gasteiger partial charge in [0.15, 0.2) is 0 Å². The number of pyridine rings is 1. The van der Waals surface area contributed by atoms with Crippen LogP contribution in [0.1, 0.15) is 39.3 Å². The Hall–Kier alpha value is -1.98. The van der Waals surface area contributed by atoms with Crippen LogP contribution in [0.5, 0.6) is 5.88 Å². The lowest BCUT2D eigenvalue weighted by Gasteiger charge is -2.28. The van der Waals surface area contributed by atoms with Crippen molar-refractivity contribution in [3.63, 3.8) is 0 Å². The number of carbonyl (C=O) groups excluding carboxylic acids is 1. The van der Waals surface area contributed by atoms with Crippen molar-refractivity contribution in [2.75, 3.05) is 18.9 Å². The van der Waals surface area contributed by atoms with E-state index in [2.05, 4.69) is 4.98 Å². The molecule has 6 nitrogen and oxygen atoms in total. The minimum absolute atomic E-state index is 0.0227. The van der Waals surface area contributed by atoms with Crippen molar-refractivity contribution < 1.29 is 14.3 Å². The lowest BCUT2D eigenvalue weighted by atomic mass is 10.2. The second-order valence-corrected chi connectivity index (χ2v) is 6.60. The number of aromatic nitrogens is 1. The van der Waals surface area contributed by atoms with E-state index in [4.69, 9.17) is 15.2 Å². The first kappa shape index (κ1) is 16.4. The van der Waals surface area contributed by atoms with Crippen LogP contribution in [0, 0.1) is 6.92 Å². The summed E-state index contributed by atoms with van der Waals surface area (Å²) in [6.07, 6.45) is 1.59. The quantitative estimate of drug-likeness (QED) is 0.929. The number of rotatable bonds is 3. The zero-order chi connectivity index (χ0) is 16.3. The van der Waals surface area contributed by atoms with Gasteiger partial charge in [0, 0.05) is 12.6 Å². The first-order chi connectivity index (χ1) is 10.3. The Morgan fingerprint density at radius 2 is 2.18 bits per heavy atom. The third kappa shape index (κ3) is 4.26. The maximum Gasteiger partial charge on any atom is 0.410 e. The second-order valence-electron chi connectivity index (χ2n) is 6.60. The number of amides is 1. The number of nitrogens with two attached hydrogens (primary N) is 1. The molecule has 2 rings (SSSR count). The normalized spacial score (nSPS) is 18.4. The van der Waals surface area contributed by atoms with Crippen molar-refractivity contribution in [3.8, 4) is 5.88 Å². The van der Waals surface area contributed by atoms with Crippen LogP contribution < -0.4 is 10.5 Å². The van der Waals surface area contributed by atoms with Gasteiger partial charge in [-0.1, -0.05) is 0 Å². The van der Waals surface area contributed by atoms with Gasteiger partial charge in [0.1, 0.15) is 12.2 Å². The van der Waals surface area contributed by atoms with Gasteiger partial charge in [-0.2, -0.15) is 0 Å². The highest BCUT2D eigenvalue weighted by Crippen LogP contribution is 2.22. The van der Waals surface area contributed by atoms with E-state index in [-0.39, 0.29) is 12.1 Å². The number of carbonyl (C=O) groups is 1. The van der Waals surface area contributed by atoms with Crippen LogP contribution in [0.15, 0.2) is 12.1 Å². The number of anilines is 1. The van der Waals surface area contributed by atoms with E-state index in [0.717, 1.165) is 18.5 Å². The standard InChI is InChI=1S/C16H25N3O3/c1-11-13(17)7-8-14(18-11)21-10-12-6-5-9-19(12)15(20)22-16(2,3)4/h7-8,12H,5-6,9-10,17H2,1-4H3/t12-/m1/s1. The fourth-order valence-electron chi connectivity index (χ4n) is 2.38. The molecule has 1 fully saturated rings. The van der Waals surface area contributed by atoms with E-state index in [0.29, 0.717) is 24.7 Å². The number of nitrogens with zero attached hydrogens (tertiary/aromatic N) is 2. The van der Waals surface area contributed by atoms with Crippen molar-refractivity contribution in [2.24, 2.45) is 0 Å². The zero-order valence-corrected chi connectivity index (χ0v) is 13.8. The minimum atomic E-state index is -0.485. The molecule has 0 radical (unpaired) electrons. The molecule has 0 bridgehead atoms. The molecule has 6 heteroatoms. The Bertz CT molecular complexity index is 540. The summed E-state index contributed by atoms with van der Waals surface area (Å²) in [5, 5.41) is 0. The molecule has 0 unspecified atom stereocenters. The van der Waals surface area contributed by atoms with Gasteiger partial charge < -0.3 is 20.1 Å². The Morgan fingerprint density at radius 3 is 2.82 bits per heavy atom. The summed E-state index contributed by atoms with van der Waals surface area (Å²) in [5.41, 5.74) is 6.64. The molecule has 1 amide bonds. The van der Waals surface area contributed by atoms with Crippen molar-refractivity contribution in [3.05, 3.63) is 17.8 Å². The smallest absolute Gasteiger partial charge is 0.410 e. The van der Waals surface area contributed by atoms with E-state index in [9.17, 15) is 4.79 Å². The predicted molar refractivity (Wildman–Crippen MR) is 84.8 cm³/mol. The van der Waals surface area contributed by atoms with Crippen LogP contribution in [-0.4, -0.2) is 40.8 Å². The molecular weight excluding hydrogens is 282 g/mol. The maximum absolute atomic E-state index is 12.2. The molecule has 0 aromatic carbocycles. The Kier molecular flexibility index (Phi) is 4.78. The topological polar surface area (TPSA) is 77.7 Å². The molecule has 1 aromatic heterocycles. The first-order valence-electron chi connectivity index (χ1n) is 7.62. The van der Waals surface area contributed by atoms with Crippen molar-refractivity contribution in [1.29, 1.82) is 0 Å². The van der Waals surface area contributed by atoms with Gasteiger partial charge in [0.2, 0.25) is 5.88 Å². The number of hydrogen-bond donors (Lipinski definition) is 1. The van der Waals surface area contributed by atoms with Crippen molar-refractivity contribution in [2.45, 2.75) is 52.2 Å². The molecule has 2 heterocycles. The number of hydrogen-bond acceptors (Lipinski definition) is 5. The number of aryl methyl sites for hydroxylation is 1. The van der Waals surface area contributed by atoms with E-state index < -0.39 is 5.60 Å². The van der Waals surface area contributed by atoms with Crippen LogP contribution in [0.25, 0.3) is 0 Å². The molecule has 1 aromatic rings. The molecule has 0 aliphatic carbocycles. The van der Waals surface area contributed by atoms with E-state index >= 15 is 0 Å². The second kappa shape index (κ2) is 6.42.